The number of carbonyl (C=O) groups is 2. The Balaban J connectivity index is 2.03. The summed E-state index contributed by atoms with van der Waals surface area (Å²) < 4.78 is 29.6. The molecule has 2 rings (SSSR count). The second-order valence-corrected chi connectivity index (χ2v) is 8.00. The van der Waals surface area contributed by atoms with Gasteiger partial charge in [0.1, 0.15) is 6.54 Å². The van der Waals surface area contributed by atoms with Crippen molar-refractivity contribution in [2.45, 2.75) is 0 Å². The molecule has 10 heteroatoms. The van der Waals surface area contributed by atoms with Gasteiger partial charge in [0.25, 0.3) is 5.91 Å². The largest absolute Gasteiger partial charge is 0.465 e. The molecule has 28 heavy (non-hydrogen) atoms. The zero-order valence-corrected chi connectivity index (χ0v) is 16.7. The number of hydrogen-bond donors (Lipinski definition) is 1. The maximum atomic E-state index is 12.1. The standard InChI is InChI=1S/C18H18ClN3O5S/c1-27-18(24)14-8-6-13(7-9-14)11-20-21-17(23)12-22(28(2,25)26)16-5-3-4-15(19)10-16/h3-11H,12H2,1-2H3,(H,21,23)/b20-11-. The number of rotatable bonds is 7. The zero-order valence-electron chi connectivity index (χ0n) is 15.1. The van der Waals surface area contributed by atoms with Crippen molar-refractivity contribution in [3.05, 3.63) is 64.7 Å². The third-order valence-corrected chi connectivity index (χ3v) is 4.89. The number of hydrazone groups is 1. The van der Waals surface area contributed by atoms with Crippen molar-refractivity contribution in [3.8, 4) is 0 Å². The molecule has 0 heterocycles. The molecule has 0 aliphatic heterocycles. The minimum absolute atomic E-state index is 0.271. The van der Waals surface area contributed by atoms with Crippen LogP contribution in [0.1, 0.15) is 15.9 Å². The van der Waals surface area contributed by atoms with E-state index in [1.807, 2.05) is 0 Å². The number of anilines is 1. The lowest BCUT2D eigenvalue weighted by Gasteiger charge is -2.21. The number of nitrogens with zero attached hydrogens (tertiary/aromatic N) is 2. The molecule has 0 saturated heterocycles. The molecule has 8 nitrogen and oxygen atoms in total. The molecule has 0 aliphatic carbocycles. The van der Waals surface area contributed by atoms with Crippen LogP contribution in [0.4, 0.5) is 5.69 Å². The molecule has 148 valence electrons. The summed E-state index contributed by atoms with van der Waals surface area (Å²) in [5.74, 6) is -1.09. The molecule has 0 fully saturated rings. The number of esters is 1. The number of sulfonamides is 1. The molecule has 0 atom stereocenters. The quantitative estimate of drug-likeness (QED) is 0.417. The highest BCUT2D eigenvalue weighted by atomic mass is 35.5. The highest BCUT2D eigenvalue weighted by molar-refractivity contribution is 7.92. The summed E-state index contributed by atoms with van der Waals surface area (Å²) in [6, 6.07) is 12.5. The van der Waals surface area contributed by atoms with Crippen LogP contribution in [0.25, 0.3) is 0 Å². The number of halogens is 1. The van der Waals surface area contributed by atoms with E-state index in [4.69, 9.17) is 11.6 Å². The Morgan fingerprint density at radius 2 is 1.89 bits per heavy atom. The second kappa shape index (κ2) is 9.34. The summed E-state index contributed by atoms with van der Waals surface area (Å²) in [4.78, 5) is 23.5. The highest BCUT2D eigenvalue weighted by Crippen LogP contribution is 2.21. The van der Waals surface area contributed by atoms with Gasteiger partial charge in [-0.15, -0.1) is 0 Å². The van der Waals surface area contributed by atoms with Crippen molar-refractivity contribution < 1.29 is 22.7 Å². The summed E-state index contributed by atoms with van der Waals surface area (Å²) in [5.41, 5.74) is 3.55. The molecule has 0 unspecified atom stereocenters. The van der Waals surface area contributed by atoms with Gasteiger partial charge in [-0.3, -0.25) is 9.10 Å². The fourth-order valence-corrected chi connectivity index (χ4v) is 3.23. The minimum Gasteiger partial charge on any atom is -0.465 e. The summed E-state index contributed by atoms with van der Waals surface area (Å²) in [5, 5.41) is 4.14. The van der Waals surface area contributed by atoms with Gasteiger partial charge in [0, 0.05) is 5.02 Å². The van der Waals surface area contributed by atoms with E-state index in [0.29, 0.717) is 16.1 Å². The van der Waals surface area contributed by atoms with Gasteiger partial charge < -0.3 is 4.74 Å². The predicted molar refractivity (Wildman–Crippen MR) is 107 cm³/mol. The molecule has 1 N–H and O–H groups in total. The monoisotopic (exact) mass is 423 g/mol. The van der Waals surface area contributed by atoms with Crippen molar-refractivity contribution >= 4 is 45.4 Å². The normalized spacial score (nSPS) is 11.2. The third-order valence-electron chi connectivity index (χ3n) is 3.52. The Morgan fingerprint density at radius 3 is 2.46 bits per heavy atom. The first kappa shape index (κ1) is 21.4. The average Bonchev–Trinajstić information content (AvgIpc) is 2.65. The lowest BCUT2D eigenvalue weighted by molar-refractivity contribution is -0.119. The molecule has 0 aliphatic rings. The first-order chi connectivity index (χ1) is 13.2. The maximum absolute atomic E-state index is 12.1. The van der Waals surface area contributed by atoms with Gasteiger partial charge in [0.05, 0.1) is 30.8 Å². The Labute approximate surface area is 167 Å². The molecule has 1 amide bonds. The molecule has 2 aromatic rings. The van der Waals surface area contributed by atoms with Crippen molar-refractivity contribution in [3.63, 3.8) is 0 Å². The molecule has 2 aromatic carbocycles. The Morgan fingerprint density at radius 1 is 1.21 bits per heavy atom. The van der Waals surface area contributed by atoms with Crippen LogP contribution in [0.3, 0.4) is 0 Å². The first-order valence-electron chi connectivity index (χ1n) is 7.94. The summed E-state index contributed by atoms with van der Waals surface area (Å²) in [6.07, 6.45) is 2.36. The second-order valence-electron chi connectivity index (χ2n) is 5.66. The van der Waals surface area contributed by atoms with Gasteiger partial charge in [-0.2, -0.15) is 5.10 Å². The summed E-state index contributed by atoms with van der Waals surface area (Å²) in [6.45, 7) is -0.461. The first-order valence-corrected chi connectivity index (χ1v) is 10.2. The predicted octanol–water partition coefficient (Wildman–Crippen LogP) is 2.04. The van der Waals surface area contributed by atoms with Crippen LogP contribution in [0, 0.1) is 0 Å². The summed E-state index contributed by atoms with van der Waals surface area (Å²) in [7, 11) is -2.42. The average molecular weight is 424 g/mol. The van der Waals surface area contributed by atoms with Crippen LogP contribution in [0.2, 0.25) is 5.02 Å². The van der Waals surface area contributed by atoms with Gasteiger partial charge in [-0.25, -0.2) is 18.6 Å². The molecule has 0 radical (unpaired) electrons. The molecule has 0 aromatic heterocycles. The van der Waals surface area contributed by atoms with E-state index in [1.54, 1.807) is 36.4 Å². The molecule has 0 saturated carbocycles. The van der Waals surface area contributed by atoms with E-state index < -0.39 is 28.4 Å². The van der Waals surface area contributed by atoms with E-state index in [2.05, 4.69) is 15.3 Å². The third kappa shape index (κ3) is 6.07. The van der Waals surface area contributed by atoms with Crippen molar-refractivity contribution in [1.29, 1.82) is 0 Å². The van der Waals surface area contributed by atoms with Gasteiger partial charge in [0.2, 0.25) is 10.0 Å². The van der Waals surface area contributed by atoms with Crippen LogP contribution in [0.15, 0.2) is 53.6 Å². The number of methoxy groups -OCH3 is 1. The summed E-state index contributed by atoms with van der Waals surface area (Å²) >= 11 is 5.89. The topological polar surface area (TPSA) is 105 Å². The minimum atomic E-state index is -3.70. The van der Waals surface area contributed by atoms with Crippen molar-refractivity contribution in [2.24, 2.45) is 5.10 Å². The molecular formula is C18H18ClN3O5S. The fraction of sp³-hybridized carbons (Fsp3) is 0.167. The maximum Gasteiger partial charge on any atom is 0.337 e. The molecule has 0 bridgehead atoms. The van der Waals surface area contributed by atoms with E-state index in [9.17, 15) is 18.0 Å². The SMILES string of the molecule is COC(=O)c1ccc(/C=N\NC(=O)CN(c2cccc(Cl)c2)S(C)(=O)=O)cc1. The van der Waals surface area contributed by atoms with Crippen molar-refractivity contribution in [1.82, 2.24) is 5.43 Å². The molecular weight excluding hydrogens is 406 g/mol. The lowest BCUT2D eigenvalue weighted by atomic mass is 10.1. The van der Waals surface area contributed by atoms with Crippen LogP contribution >= 0.6 is 11.6 Å². The van der Waals surface area contributed by atoms with Gasteiger partial charge >= 0.3 is 5.97 Å². The van der Waals surface area contributed by atoms with Crippen molar-refractivity contribution in [2.75, 3.05) is 24.2 Å². The lowest BCUT2D eigenvalue weighted by Crippen LogP contribution is -2.39. The smallest absolute Gasteiger partial charge is 0.337 e. The van der Waals surface area contributed by atoms with Crippen LogP contribution < -0.4 is 9.73 Å². The van der Waals surface area contributed by atoms with Crippen LogP contribution in [-0.4, -0.2) is 46.4 Å². The van der Waals surface area contributed by atoms with Gasteiger partial charge in [-0.05, 0) is 35.9 Å². The Kier molecular flexibility index (Phi) is 7.13. The van der Waals surface area contributed by atoms with Crippen LogP contribution in [0.5, 0.6) is 0 Å². The molecule has 0 spiro atoms. The number of hydrogen-bond acceptors (Lipinski definition) is 6. The fourth-order valence-electron chi connectivity index (χ4n) is 2.20. The highest BCUT2D eigenvalue weighted by Gasteiger charge is 2.20. The number of ether oxygens (including phenoxy) is 1. The van der Waals surface area contributed by atoms with Gasteiger partial charge in [0.15, 0.2) is 0 Å². The Bertz CT molecular complexity index is 991. The number of amides is 1. The number of benzene rings is 2. The van der Waals surface area contributed by atoms with E-state index in [-0.39, 0.29) is 5.69 Å². The van der Waals surface area contributed by atoms with Crippen LogP contribution in [-0.2, 0) is 19.6 Å². The van der Waals surface area contributed by atoms with E-state index in [1.165, 1.54) is 25.5 Å². The van der Waals surface area contributed by atoms with Gasteiger partial charge in [-0.1, -0.05) is 29.8 Å². The number of nitrogens with one attached hydrogen (secondary N) is 1. The zero-order chi connectivity index (χ0) is 20.7. The van der Waals surface area contributed by atoms with E-state index >= 15 is 0 Å². The number of carbonyl (C=O) groups excluding carboxylic acids is 2. The Hall–Kier alpha value is -2.91. The van der Waals surface area contributed by atoms with E-state index in [0.717, 1.165) is 10.6 Å².